The van der Waals surface area contributed by atoms with E-state index in [0.717, 1.165) is 22.3 Å². The number of ether oxygens (including phenoxy) is 1. The number of fused-ring (bicyclic) bond motifs is 3. The molecule has 31 heavy (non-hydrogen) atoms. The van der Waals surface area contributed by atoms with Crippen molar-refractivity contribution in [3.05, 3.63) is 59.7 Å². The molecule has 1 unspecified atom stereocenters. The summed E-state index contributed by atoms with van der Waals surface area (Å²) in [7, 11) is 1.56. The Morgan fingerprint density at radius 2 is 1.58 bits per heavy atom. The lowest BCUT2D eigenvalue weighted by atomic mass is 9.98. The predicted octanol–water partition coefficient (Wildman–Crippen LogP) is 3.48. The van der Waals surface area contributed by atoms with Crippen molar-refractivity contribution >= 4 is 18.0 Å². The van der Waals surface area contributed by atoms with Crippen LogP contribution in [0.3, 0.4) is 0 Å². The van der Waals surface area contributed by atoms with Crippen LogP contribution < -0.4 is 5.32 Å². The van der Waals surface area contributed by atoms with Crippen molar-refractivity contribution in [2.45, 2.75) is 32.2 Å². The first-order chi connectivity index (χ1) is 14.8. The van der Waals surface area contributed by atoms with E-state index in [1.54, 1.807) is 20.9 Å². The van der Waals surface area contributed by atoms with E-state index in [2.05, 4.69) is 29.6 Å². The van der Waals surface area contributed by atoms with Gasteiger partial charge in [0.05, 0.1) is 5.92 Å². The van der Waals surface area contributed by atoms with E-state index < -0.39 is 24.0 Å². The maximum atomic E-state index is 12.3. The van der Waals surface area contributed by atoms with Gasteiger partial charge in [-0.3, -0.25) is 9.59 Å². The summed E-state index contributed by atoms with van der Waals surface area (Å²) in [5.41, 5.74) is 4.58. The molecule has 164 valence electrons. The van der Waals surface area contributed by atoms with Crippen LogP contribution in [0, 0.1) is 5.92 Å². The highest BCUT2D eigenvalue weighted by molar-refractivity contribution is 5.80. The Morgan fingerprint density at radius 1 is 1.03 bits per heavy atom. The number of aliphatic carboxylic acids is 1. The minimum absolute atomic E-state index is 0.0290. The summed E-state index contributed by atoms with van der Waals surface area (Å²) < 4.78 is 5.50. The number of amides is 2. The van der Waals surface area contributed by atoms with Gasteiger partial charge in [-0.05, 0) is 29.2 Å². The van der Waals surface area contributed by atoms with Gasteiger partial charge in [-0.1, -0.05) is 55.5 Å². The fourth-order valence-corrected chi connectivity index (χ4v) is 3.90. The molecule has 0 spiro atoms. The number of carboxylic acids is 1. The molecule has 0 fully saturated rings. The minimum atomic E-state index is -0.954. The summed E-state index contributed by atoms with van der Waals surface area (Å²) in [6, 6.07) is 15.8. The molecule has 0 saturated heterocycles. The molecule has 0 bridgehead atoms. The zero-order valence-corrected chi connectivity index (χ0v) is 18.0. The fourth-order valence-electron chi connectivity index (χ4n) is 3.90. The van der Waals surface area contributed by atoms with Crippen LogP contribution in [0.4, 0.5) is 4.79 Å². The normalized spacial score (nSPS) is 14.2. The van der Waals surface area contributed by atoms with E-state index in [4.69, 9.17) is 9.84 Å². The van der Waals surface area contributed by atoms with Crippen molar-refractivity contribution in [2.24, 2.45) is 5.92 Å². The molecule has 2 aromatic carbocycles. The first-order valence-electron chi connectivity index (χ1n) is 10.4. The lowest BCUT2D eigenvalue weighted by molar-refractivity contribution is -0.142. The average Bonchev–Trinajstić information content (AvgIpc) is 3.05. The summed E-state index contributed by atoms with van der Waals surface area (Å²) in [5, 5.41) is 11.7. The molecule has 3 rings (SSSR count). The molecule has 0 saturated carbocycles. The van der Waals surface area contributed by atoms with Crippen molar-refractivity contribution in [3.8, 4) is 11.1 Å². The Labute approximate surface area is 182 Å². The Hall–Kier alpha value is -3.35. The third kappa shape index (κ3) is 5.23. The van der Waals surface area contributed by atoms with E-state index in [1.165, 1.54) is 4.90 Å². The number of hydrogen-bond acceptors (Lipinski definition) is 4. The molecule has 0 aliphatic heterocycles. The van der Waals surface area contributed by atoms with Crippen LogP contribution in [0.1, 0.15) is 37.3 Å². The topological polar surface area (TPSA) is 95.9 Å². The highest BCUT2D eigenvalue weighted by Crippen LogP contribution is 2.44. The van der Waals surface area contributed by atoms with Gasteiger partial charge >= 0.3 is 12.1 Å². The average molecular weight is 424 g/mol. The molecule has 2 aromatic rings. The van der Waals surface area contributed by atoms with Gasteiger partial charge in [0.15, 0.2) is 0 Å². The maximum Gasteiger partial charge on any atom is 0.407 e. The Morgan fingerprint density at radius 3 is 2.13 bits per heavy atom. The van der Waals surface area contributed by atoms with E-state index in [-0.39, 0.29) is 31.4 Å². The molecular weight excluding hydrogens is 396 g/mol. The molecule has 7 nitrogen and oxygen atoms in total. The lowest BCUT2D eigenvalue weighted by Crippen LogP contribution is -2.40. The van der Waals surface area contributed by atoms with E-state index >= 15 is 0 Å². The molecule has 1 aliphatic carbocycles. The zero-order chi connectivity index (χ0) is 22.5. The monoisotopic (exact) mass is 424 g/mol. The largest absolute Gasteiger partial charge is 0.481 e. The van der Waals surface area contributed by atoms with Crippen LogP contribution in [0.15, 0.2) is 48.5 Å². The smallest absolute Gasteiger partial charge is 0.407 e. The summed E-state index contributed by atoms with van der Waals surface area (Å²) in [6.07, 6.45) is -0.517. The number of hydrogen-bond donors (Lipinski definition) is 2. The Balaban J connectivity index is 1.52. The van der Waals surface area contributed by atoms with Gasteiger partial charge in [-0.2, -0.15) is 0 Å². The molecule has 1 aliphatic rings. The van der Waals surface area contributed by atoms with Gasteiger partial charge in [-0.15, -0.1) is 0 Å². The standard InChI is InChI=1S/C24H28N2O5/c1-15(23(28)29)13-26(3)22(27)12-16(2)25-24(30)31-14-21-19-10-6-4-8-17(19)18-9-5-7-11-20(18)21/h4-11,15-16,21H,12-14H2,1-3H3,(H,25,30)(H,28,29)/t15?,16-/m1/s1. The van der Waals surface area contributed by atoms with Crippen molar-refractivity contribution < 1.29 is 24.2 Å². The van der Waals surface area contributed by atoms with E-state index in [0.29, 0.717) is 0 Å². The highest BCUT2D eigenvalue weighted by Gasteiger charge is 2.29. The van der Waals surface area contributed by atoms with Crippen LogP contribution in [0.5, 0.6) is 0 Å². The first-order valence-corrected chi connectivity index (χ1v) is 10.4. The van der Waals surface area contributed by atoms with Gasteiger partial charge < -0.3 is 20.1 Å². The lowest BCUT2D eigenvalue weighted by Gasteiger charge is -2.22. The number of carbonyl (C=O) groups is 3. The number of benzene rings is 2. The molecule has 0 aromatic heterocycles. The summed E-state index contributed by atoms with van der Waals surface area (Å²) in [4.78, 5) is 36.9. The third-order valence-corrected chi connectivity index (χ3v) is 5.58. The molecule has 7 heteroatoms. The van der Waals surface area contributed by atoms with Crippen LogP contribution in [-0.4, -0.2) is 54.2 Å². The summed E-state index contributed by atoms with van der Waals surface area (Å²) in [5.74, 6) is -1.87. The quantitative estimate of drug-likeness (QED) is 0.676. The maximum absolute atomic E-state index is 12.3. The van der Waals surface area contributed by atoms with Crippen molar-refractivity contribution in [1.82, 2.24) is 10.2 Å². The summed E-state index contributed by atoms with van der Waals surface area (Å²) >= 11 is 0. The van der Waals surface area contributed by atoms with Crippen LogP contribution >= 0.6 is 0 Å². The zero-order valence-electron chi connectivity index (χ0n) is 18.0. The number of carbonyl (C=O) groups excluding carboxylic acids is 2. The van der Waals surface area contributed by atoms with Gasteiger partial charge in [0, 0.05) is 32.0 Å². The second kappa shape index (κ2) is 9.64. The summed E-state index contributed by atoms with van der Waals surface area (Å²) in [6.45, 7) is 3.58. The van der Waals surface area contributed by atoms with Gasteiger partial charge in [0.2, 0.25) is 5.91 Å². The molecule has 2 N–H and O–H groups in total. The van der Waals surface area contributed by atoms with Crippen LogP contribution in [-0.2, 0) is 14.3 Å². The number of nitrogens with one attached hydrogen (secondary N) is 1. The van der Waals surface area contributed by atoms with Gasteiger partial charge in [0.1, 0.15) is 6.61 Å². The van der Waals surface area contributed by atoms with Crippen molar-refractivity contribution in [2.75, 3.05) is 20.2 Å². The molecule has 2 atom stereocenters. The fraction of sp³-hybridized carbons (Fsp3) is 0.375. The first kappa shape index (κ1) is 22.3. The van der Waals surface area contributed by atoms with Gasteiger partial charge in [0.25, 0.3) is 0 Å². The minimum Gasteiger partial charge on any atom is -0.481 e. The van der Waals surface area contributed by atoms with E-state index in [9.17, 15) is 14.4 Å². The molecule has 0 radical (unpaired) electrons. The van der Waals surface area contributed by atoms with Crippen LogP contribution in [0.2, 0.25) is 0 Å². The molecule has 0 heterocycles. The number of nitrogens with zero attached hydrogens (tertiary/aromatic N) is 1. The van der Waals surface area contributed by atoms with Crippen molar-refractivity contribution in [1.29, 1.82) is 0 Å². The number of rotatable bonds is 8. The van der Waals surface area contributed by atoms with Gasteiger partial charge in [-0.25, -0.2) is 4.79 Å². The highest BCUT2D eigenvalue weighted by atomic mass is 16.5. The number of alkyl carbamates (subject to hydrolysis) is 1. The van der Waals surface area contributed by atoms with Crippen molar-refractivity contribution in [3.63, 3.8) is 0 Å². The Bertz CT molecular complexity index is 928. The number of carboxylic acid groups (broad SMARTS) is 1. The predicted molar refractivity (Wildman–Crippen MR) is 117 cm³/mol. The second-order valence-corrected chi connectivity index (χ2v) is 8.09. The third-order valence-electron chi connectivity index (χ3n) is 5.58. The second-order valence-electron chi connectivity index (χ2n) is 8.09. The molecule has 2 amide bonds. The molecular formula is C24H28N2O5. The van der Waals surface area contributed by atoms with E-state index in [1.807, 2.05) is 24.3 Å². The Kier molecular flexibility index (Phi) is 6.95. The van der Waals surface area contributed by atoms with Crippen LogP contribution in [0.25, 0.3) is 11.1 Å². The SMILES string of the molecule is CC(CN(C)C(=O)C[C@@H](C)NC(=O)OCC1c2ccccc2-c2ccccc21)C(=O)O.